The lowest BCUT2D eigenvalue weighted by Gasteiger charge is -2.49. The van der Waals surface area contributed by atoms with Gasteiger partial charge < -0.3 is 43.4 Å². The van der Waals surface area contributed by atoms with E-state index in [-0.39, 0.29) is 18.4 Å². The molecule has 3 rings (SSSR count). The minimum atomic E-state index is -1.88. The molecular formula is C29H45BrO10. The van der Waals surface area contributed by atoms with Gasteiger partial charge in [0.15, 0.2) is 12.1 Å². The zero-order valence-corrected chi connectivity index (χ0v) is 26.0. The zero-order chi connectivity index (χ0) is 29.6. The van der Waals surface area contributed by atoms with Gasteiger partial charge in [-0.05, 0) is 31.8 Å². The number of rotatable bonds is 7. The normalized spacial score (nSPS) is 45.0. The summed E-state index contributed by atoms with van der Waals surface area (Å²) in [6.45, 7) is 7.32. The molecule has 11 heteroatoms. The van der Waals surface area contributed by atoms with Crippen LogP contribution in [0.4, 0.5) is 0 Å². The molecule has 0 aromatic heterocycles. The maximum Gasteiger partial charge on any atom is 0.314 e. The van der Waals surface area contributed by atoms with Crippen LogP contribution < -0.4 is 0 Å². The summed E-state index contributed by atoms with van der Waals surface area (Å²) in [5.41, 5.74) is 0.992. The maximum absolute atomic E-state index is 13.3. The van der Waals surface area contributed by atoms with E-state index in [0.29, 0.717) is 12.8 Å². The first-order valence-corrected chi connectivity index (χ1v) is 14.7. The summed E-state index contributed by atoms with van der Waals surface area (Å²) in [4.78, 5) is 15.0. The van der Waals surface area contributed by atoms with Crippen LogP contribution in [0, 0.1) is 11.8 Å². The lowest BCUT2D eigenvalue weighted by atomic mass is 9.81. The van der Waals surface area contributed by atoms with Gasteiger partial charge in [0.1, 0.15) is 30.3 Å². The second kappa shape index (κ2) is 14.8. The Morgan fingerprint density at radius 2 is 1.80 bits per heavy atom. The van der Waals surface area contributed by atoms with Crippen molar-refractivity contribution >= 4 is 21.9 Å². The fourth-order valence-corrected chi connectivity index (χ4v) is 5.85. The first kappa shape index (κ1) is 33.4. The van der Waals surface area contributed by atoms with Crippen molar-refractivity contribution < 1.29 is 48.2 Å². The molecule has 0 radical (unpaired) electrons. The third-order valence-corrected chi connectivity index (χ3v) is 8.50. The van der Waals surface area contributed by atoms with Gasteiger partial charge in [-0.25, -0.2) is 0 Å². The third-order valence-electron chi connectivity index (χ3n) is 8.20. The Labute approximate surface area is 245 Å². The number of esters is 1. The number of cyclic esters (lactones) is 1. The van der Waals surface area contributed by atoms with Crippen molar-refractivity contribution in [3.63, 3.8) is 0 Å². The Hall–Kier alpha value is -1.15. The molecule has 12 atom stereocenters. The molecule has 3 aliphatic heterocycles. The molecule has 3 heterocycles. The van der Waals surface area contributed by atoms with Crippen molar-refractivity contribution in [3.05, 3.63) is 34.9 Å². The fraction of sp³-hybridized carbons (Fsp3) is 0.759. The Morgan fingerprint density at radius 3 is 2.42 bits per heavy atom. The van der Waals surface area contributed by atoms with Crippen LogP contribution in [0.1, 0.15) is 47.0 Å². The van der Waals surface area contributed by atoms with Crippen LogP contribution in [0.3, 0.4) is 0 Å². The number of aliphatic hydroxyl groups excluding tert-OH is 1. The number of fused-ring (bicyclic) bond motifs is 2. The number of carbonyl (C=O) groups is 1. The monoisotopic (exact) mass is 632 g/mol. The average molecular weight is 634 g/mol. The van der Waals surface area contributed by atoms with E-state index in [4.69, 9.17) is 33.2 Å². The summed E-state index contributed by atoms with van der Waals surface area (Å²) in [7, 11) is 4.60. The van der Waals surface area contributed by atoms with Crippen molar-refractivity contribution in [2.75, 3.05) is 21.3 Å². The van der Waals surface area contributed by atoms with Crippen LogP contribution in [0.15, 0.2) is 34.9 Å². The minimum Gasteiger partial charge on any atom is -0.457 e. The van der Waals surface area contributed by atoms with Crippen LogP contribution >= 0.6 is 15.9 Å². The van der Waals surface area contributed by atoms with Crippen molar-refractivity contribution in [3.8, 4) is 0 Å². The van der Waals surface area contributed by atoms with E-state index in [9.17, 15) is 15.0 Å². The maximum atomic E-state index is 13.3. The Balaban J connectivity index is 1.94. The van der Waals surface area contributed by atoms with Gasteiger partial charge in [0.25, 0.3) is 0 Å². The Morgan fingerprint density at radius 1 is 1.10 bits per heavy atom. The first-order chi connectivity index (χ1) is 19.0. The predicted octanol–water partition coefficient (Wildman–Crippen LogP) is 3.39. The van der Waals surface area contributed by atoms with Gasteiger partial charge in [-0.2, -0.15) is 0 Å². The van der Waals surface area contributed by atoms with Crippen LogP contribution in [-0.2, 0) is 38.0 Å². The van der Waals surface area contributed by atoms with E-state index in [0.717, 1.165) is 5.57 Å². The number of aliphatic hydroxyl groups is 2. The molecule has 2 N–H and O–H groups in total. The number of hydrogen-bond acceptors (Lipinski definition) is 10. The molecule has 2 fully saturated rings. The van der Waals surface area contributed by atoms with E-state index in [2.05, 4.69) is 15.9 Å². The standard InChI is InChI=1S/C29H45BrO10/c1-16-12-20(10-8-9-11-30)38-27(32)18(3)29(33)15-23(17(2)22(40-29)14-21(13-16)34-5)39-28-26(36-7)24(31)25(35-6)19(4)37-28/h8-11,13,17-26,28,31,33H,12,14-15H2,1-7H3/b10-8+,11-9+,16-13+/t17-,18+,19-,20-,21+,22-,23-,24+,25-,26+,28-,29-/m0/s1. The lowest BCUT2D eigenvalue weighted by Crippen LogP contribution is -2.62. The molecule has 0 spiro atoms. The number of carbonyl (C=O) groups excluding carboxylic acids is 1. The molecule has 2 bridgehead atoms. The molecular weight excluding hydrogens is 588 g/mol. The van der Waals surface area contributed by atoms with E-state index in [1.54, 1.807) is 44.2 Å². The summed E-state index contributed by atoms with van der Waals surface area (Å²) in [5, 5.41) is 22.7. The SMILES string of the molecule is CO[C@@H]1[C@@H](O)[C@@H](OC)[C@H](O[C@H]2C[C@]3(O)O[C@@H](C[C@H](OC)/C=C(\C)C[C@H](/C=C/C=C/Br)OC(=O)[C@H]3C)[C@@H]2C)O[C@H]1C. The lowest BCUT2D eigenvalue weighted by molar-refractivity contribution is -0.354. The van der Waals surface area contributed by atoms with E-state index in [1.165, 1.54) is 14.2 Å². The summed E-state index contributed by atoms with van der Waals surface area (Å²) in [6, 6.07) is 0. The molecule has 0 aromatic rings. The highest BCUT2D eigenvalue weighted by Gasteiger charge is 2.53. The quantitative estimate of drug-likeness (QED) is 0.245. The predicted molar refractivity (Wildman–Crippen MR) is 150 cm³/mol. The van der Waals surface area contributed by atoms with Gasteiger partial charge in [-0.1, -0.05) is 46.7 Å². The van der Waals surface area contributed by atoms with Crippen molar-refractivity contribution in [2.24, 2.45) is 11.8 Å². The van der Waals surface area contributed by atoms with E-state index in [1.807, 2.05) is 19.9 Å². The van der Waals surface area contributed by atoms with Gasteiger partial charge >= 0.3 is 5.97 Å². The molecule has 3 aliphatic rings. The van der Waals surface area contributed by atoms with Gasteiger partial charge in [-0.15, -0.1) is 0 Å². The molecule has 2 saturated heterocycles. The van der Waals surface area contributed by atoms with Crippen LogP contribution in [0.5, 0.6) is 0 Å². The molecule has 10 nitrogen and oxygen atoms in total. The highest BCUT2D eigenvalue weighted by atomic mass is 79.9. The summed E-state index contributed by atoms with van der Waals surface area (Å²) in [6.07, 6.45) is 2.45. The van der Waals surface area contributed by atoms with Gasteiger partial charge in [0.05, 0.1) is 24.4 Å². The van der Waals surface area contributed by atoms with Gasteiger partial charge in [0, 0.05) is 46.5 Å². The van der Waals surface area contributed by atoms with Crippen molar-refractivity contribution in [1.82, 2.24) is 0 Å². The van der Waals surface area contributed by atoms with E-state index >= 15 is 0 Å². The minimum absolute atomic E-state index is 0.0191. The van der Waals surface area contributed by atoms with Crippen molar-refractivity contribution in [1.29, 1.82) is 0 Å². The highest BCUT2D eigenvalue weighted by Crippen LogP contribution is 2.42. The number of methoxy groups -OCH3 is 3. The van der Waals surface area contributed by atoms with E-state index < -0.39 is 66.7 Å². The molecule has 0 unspecified atom stereocenters. The molecule has 0 amide bonds. The second-order valence-electron chi connectivity index (χ2n) is 11.0. The third kappa shape index (κ3) is 7.81. The molecule has 228 valence electrons. The van der Waals surface area contributed by atoms with Crippen LogP contribution in [0.2, 0.25) is 0 Å². The topological polar surface area (TPSA) is 122 Å². The molecule has 0 saturated carbocycles. The fourth-order valence-electron chi connectivity index (χ4n) is 5.68. The highest BCUT2D eigenvalue weighted by molar-refractivity contribution is 9.11. The summed E-state index contributed by atoms with van der Waals surface area (Å²) in [5.74, 6) is -3.71. The smallest absolute Gasteiger partial charge is 0.314 e. The van der Waals surface area contributed by atoms with Crippen molar-refractivity contribution in [2.45, 2.75) is 108 Å². The van der Waals surface area contributed by atoms with Crippen LogP contribution in [-0.4, -0.2) is 98.4 Å². The van der Waals surface area contributed by atoms with Gasteiger partial charge in [0.2, 0.25) is 0 Å². The first-order valence-electron chi connectivity index (χ1n) is 13.8. The number of halogens is 1. The summed E-state index contributed by atoms with van der Waals surface area (Å²) >= 11 is 3.23. The molecule has 0 aromatic carbocycles. The average Bonchev–Trinajstić information content (AvgIpc) is 2.90. The number of hydrogen-bond donors (Lipinski definition) is 2. The Kier molecular flexibility index (Phi) is 12.4. The number of ether oxygens (including phenoxy) is 7. The van der Waals surface area contributed by atoms with Crippen LogP contribution in [0.25, 0.3) is 0 Å². The summed E-state index contributed by atoms with van der Waals surface area (Å²) < 4.78 is 41.4. The largest absolute Gasteiger partial charge is 0.457 e. The molecule has 0 aliphatic carbocycles. The molecule has 40 heavy (non-hydrogen) atoms. The second-order valence-corrected chi connectivity index (χ2v) is 11.5. The zero-order valence-electron chi connectivity index (χ0n) is 24.4. The number of allylic oxidation sites excluding steroid dienone is 2. The Bertz CT molecular complexity index is 924. The van der Waals surface area contributed by atoms with Gasteiger partial charge in [-0.3, -0.25) is 4.79 Å².